The zero-order chi connectivity index (χ0) is 23.2. The molecule has 3 aromatic rings. The molecule has 7 heteroatoms. The van der Waals surface area contributed by atoms with Gasteiger partial charge in [-0.25, -0.2) is 0 Å². The van der Waals surface area contributed by atoms with Crippen LogP contribution in [0.4, 0.5) is 5.69 Å². The van der Waals surface area contributed by atoms with E-state index >= 15 is 0 Å². The smallest absolute Gasteiger partial charge is 0.238 e. The summed E-state index contributed by atoms with van der Waals surface area (Å²) in [5.74, 6) is -0.0703. The van der Waals surface area contributed by atoms with Crippen LogP contribution in [0.5, 0.6) is 0 Å². The molecule has 1 heterocycles. The maximum Gasteiger partial charge on any atom is 0.238 e. The van der Waals surface area contributed by atoms with Crippen LogP contribution in [0, 0.1) is 0 Å². The van der Waals surface area contributed by atoms with Crippen LogP contribution >= 0.6 is 11.6 Å². The Kier molecular flexibility index (Phi) is 7.60. The number of nitrogens with zero attached hydrogens (tertiary/aromatic N) is 2. The van der Waals surface area contributed by atoms with Crippen LogP contribution in [0.3, 0.4) is 0 Å². The number of halogens is 1. The molecule has 4 rings (SSSR count). The number of nitrogens with one attached hydrogen (secondary N) is 2. The SMILES string of the molecule is CC(NC(=O)CN1CCN(CC(=O)Nc2ccccc2Cl)CC1)c1ccc2ccccc2c1. The molecule has 172 valence electrons. The summed E-state index contributed by atoms with van der Waals surface area (Å²) >= 11 is 6.11. The molecule has 3 aromatic carbocycles. The van der Waals surface area contributed by atoms with Gasteiger partial charge in [0, 0.05) is 26.2 Å². The van der Waals surface area contributed by atoms with Crippen LogP contribution in [0.15, 0.2) is 66.7 Å². The van der Waals surface area contributed by atoms with Gasteiger partial charge in [0.25, 0.3) is 0 Å². The second-order valence-corrected chi connectivity index (χ2v) is 8.88. The van der Waals surface area contributed by atoms with Crippen LogP contribution in [-0.4, -0.2) is 60.9 Å². The molecular weight excluding hydrogens is 436 g/mol. The normalized spacial score (nSPS) is 15.8. The quantitative estimate of drug-likeness (QED) is 0.556. The number of hydrogen-bond donors (Lipinski definition) is 2. The molecule has 33 heavy (non-hydrogen) atoms. The summed E-state index contributed by atoms with van der Waals surface area (Å²) in [7, 11) is 0. The predicted octanol–water partition coefficient (Wildman–Crippen LogP) is 3.93. The minimum Gasteiger partial charge on any atom is -0.348 e. The van der Waals surface area contributed by atoms with Crippen LogP contribution < -0.4 is 10.6 Å². The zero-order valence-electron chi connectivity index (χ0n) is 18.8. The van der Waals surface area contributed by atoms with E-state index in [9.17, 15) is 9.59 Å². The van der Waals surface area contributed by atoms with Crippen molar-refractivity contribution >= 4 is 39.9 Å². The van der Waals surface area contributed by atoms with Gasteiger partial charge in [0.1, 0.15) is 0 Å². The topological polar surface area (TPSA) is 64.7 Å². The monoisotopic (exact) mass is 464 g/mol. The van der Waals surface area contributed by atoms with Gasteiger partial charge < -0.3 is 10.6 Å². The molecule has 1 aliphatic rings. The fourth-order valence-corrected chi connectivity index (χ4v) is 4.29. The number of rotatable bonds is 7. The van der Waals surface area contributed by atoms with E-state index in [4.69, 9.17) is 11.6 Å². The Bertz CT molecular complexity index is 1130. The summed E-state index contributed by atoms with van der Waals surface area (Å²) in [4.78, 5) is 29.2. The van der Waals surface area contributed by atoms with E-state index in [0.717, 1.165) is 31.7 Å². The molecule has 2 amide bonds. The summed E-state index contributed by atoms with van der Waals surface area (Å²) in [6.45, 7) is 5.65. The third-order valence-corrected chi connectivity index (χ3v) is 6.33. The largest absolute Gasteiger partial charge is 0.348 e. The fraction of sp³-hybridized carbons (Fsp3) is 0.308. The van der Waals surface area contributed by atoms with Crippen LogP contribution in [0.2, 0.25) is 5.02 Å². The Morgan fingerprint density at radius 2 is 1.45 bits per heavy atom. The first-order chi connectivity index (χ1) is 16.0. The molecular formula is C26H29ClN4O2. The number of fused-ring (bicyclic) bond motifs is 1. The van der Waals surface area contributed by atoms with Crippen LogP contribution in [0.1, 0.15) is 18.5 Å². The summed E-state index contributed by atoms with van der Waals surface area (Å²) in [5.41, 5.74) is 1.72. The number of piperazine rings is 1. The lowest BCUT2D eigenvalue weighted by Crippen LogP contribution is -2.51. The third kappa shape index (κ3) is 6.32. The van der Waals surface area contributed by atoms with Gasteiger partial charge in [0.05, 0.1) is 29.8 Å². The summed E-state index contributed by atoms with van der Waals surface area (Å²) in [6, 6.07) is 21.7. The molecule has 1 fully saturated rings. The van der Waals surface area contributed by atoms with E-state index in [1.807, 2.05) is 31.2 Å². The maximum absolute atomic E-state index is 12.6. The number of carbonyl (C=O) groups is 2. The first kappa shape index (κ1) is 23.2. The molecule has 1 atom stereocenters. The fourth-order valence-electron chi connectivity index (χ4n) is 4.11. The second kappa shape index (κ2) is 10.8. The van der Waals surface area contributed by atoms with Gasteiger partial charge in [-0.15, -0.1) is 0 Å². The minimum absolute atomic E-state index is 0.0144. The van der Waals surface area contributed by atoms with E-state index in [1.165, 1.54) is 10.8 Å². The van der Waals surface area contributed by atoms with E-state index in [-0.39, 0.29) is 17.9 Å². The number of anilines is 1. The van der Waals surface area contributed by atoms with Crippen molar-refractivity contribution < 1.29 is 9.59 Å². The summed E-state index contributed by atoms with van der Waals surface area (Å²) in [6.07, 6.45) is 0. The van der Waals surface area contributed by atoms with Gasteiger partial charge in [-0.1, -0.05) is 60.1 Å². The lowest BCUT2D eigenvalue weighted by atomic mass is 10.0. The lowest BCUT2D eigenvalue weighted by Gasteiger charge is -2.34. The third-order valence-electron chi connectivity index (χ3n) is 6.00. The molecule has 0 aromatic heterocycles. The molecule has 1 unspecified atom stereocenters. The minimum atomic E-state index is -0.0847. The number of para-hydroxylation sites is 1. The average Bonchev–Trinajstić information content (AvgIpc) is 2.81. The highest BCUT2D eigenvalue weighted by Gasteiger charge is 2.21. The molecule has 2 N–H and O–H groups in total. The van der Waals surface area contributed by atoms with Crippen molar-refractivity contribution in [1.82, 2.24) is 15.1 Å². The number of hydrogen-bond acceptors (Lipinski definition) is 4. The molecule has 0 spiro atoms. The molecule has 0 radical (unpaired) electrons. The molecule has 0 aliphatic carbocycles. The Hall–Kier alpha value is -2.93. The average molecular weight is 465 g/mol. The van der Waals surface area contributed by atoms with E-state index in [0.29, 0.717) is 23.8 Å². The lowest BCUT2D eigenvalue weighted by molar-refractivity contribution is -0.124. The molecule has 0 bridgehead atoms. The second-order valence-electron chi connectivity index (χ2n) is 8.48. The standard InChI is InChI=1S/C26H29ClN4O2/c1-19(21-11-10-20-6-2-3-7-22(20)16-21)28-25(32)17-30-12-14-31(15-13-30)18-26(33)29-24-9-5-4-8-23(24)27/h2-11,16,19H,12-15,17-18H2,1H3,(H,28,32)(H,29,33). The van der Waals surface area contributed by atoms with Gasteiger partial charge in [-0.3, -0.25) is 19.4 Å². The molecule has 1 saturated heterocycles. The Labute approximate surface area is 199 Å². The highest BCUT2D eigenvalue weighted by Crippen LogP contribution is 2.21. The van der Waals surface area contributed by atoms with Gasteiger partial charge in [0.15, 0.2) is 0 Å². The van der Waals surface area contributed by atoms with Crippen molar-refractivity contribution in [2.24, 2.45) is 0 Å². The number of amides is 2. The van der Waals surface area contributed by atoms with Crippen LogP contribution in [0.25, 0.3) is 10.8 Å². The van der Waals surface area contributed by atoms with Gasteiger partial charge >= 0.3 is 0 Å². The highest BCUT2D eigenvalue weighted by atomic mass is 35.5. The molecule has 0 saturated carbocycles. The Balaban J connectivity index is 1.21. The van der Waals surface area contributed by atoms with Crippen molar-refractivity contribution in [3.63, 3.8) is 0 Å². The maximum atomic E-state index is 12.6. The van der Waals surface area contributed by atoms with Crippen molar-refractivity contribution in [2.45, 2.75) is 13.0 Å². The Morgan fingerprint density at radius 1 is 0.848 bits per heavy atom. The van der Waals surface area contributed by atoms with Gasteiger partial charge in [-0.2, -0.15) is 0 Å². The van der Waals surface area contributed by atoms with E-state index in [2.05, 4.69) is 50.8 Å². The number of carbonyl (C=O) groups excluding carboxylic acids is 2. The van der Waals surface area contributed by atoms with Gasteiger partial charge in [0.2, 0.25) is 11.8 Å². The predicted molar refractivity (Wildman–Crippen MR) is 133 cm³/mol. The Morgan fingerprint density at radius 3 is 2.15 bits per heavy atom. The van der Waals surface area contributed by atoms with Crippen molar-refractivity contribution in [1.29, 1.82) is 0 Å². The zero-order valence-corrected chi connectivity index (χ0v) is 19.5. The first-order valence-electron chi connectivity index (χ1n) is 11.2. The molecule has 6 nitrogen and oxygen atoms in total. The number of benzene rings is 3. The van der Waals surface area contributed by atoms with E-state index in [1.54, 1.807) is 12.1 Å². The summed E-state index contributed by atoms with van der Waals surface area (Å²) in [5, 5.41) is 8.86. The first-order valence-corrected chi connectivity index (χ1v) is 11.6. The van der Waals surface area contributed by atoms with E-state index < -0.39 is 0 Å². The highest BCUT2D eigenvalue weighted by molar-refractivity contribution is 6.33. The molecule has 1 aliphatic heterocycles. The van der Waals surface area contributed by atoms with Crippen molar-refractivity contribution in [2.75, 3.05) is 44.6 Å². The summed E-state index contributed by atoms with van der Waals surface area (Å²) < 4.78 is 0. The van der Waals surface area contributed by atoms with Crippen molar-refractivity contribution in [3.8, 4) is 0 Å². The van der Waals surface area contributed by atoms with Gasteiger partial charge in [-0.05, 0) is 41.5 Å². The van der Waals surface area contributed by atoms with Crippen molar-refractivity contribution in [3.05, 3.63) is 77.3 Å². The van der Waals surface area contributed by atoms with Crippen LogP contribution in [-0.2, 0) is 9.59 Å².